The van der Waals surface area contributed by atoms with Crippen molar-refractivity contribution in [1.82, 2.24) is 5.01 Å². The molecule has 0 aromatic heterocycles. The molecule has 0 saturated carbocycles. The fourth-order valence-electron chi connectivity index (χ4n) is 3.13. The van der Waals surface area contributed by atoms with Crippen molar-refractivity contribution in [1.29, 1.82) is 0 Å². The predicted molar refractivity (Wildman–Crippen MR) is 142 cm³/mol. The van der Waals surface area contributed by atoms with Crippen molar-refractivity contribution in [2.75, 3.05) is 12.8 Å². The first kappa shape index (κ1) is 27.3. The van der Waals surface area contributed by atoms with Gasteiger partial charge in [0.25, 0.3) is 0 Å². The lowest BCUT2D eigenvalue weighted by atomic mass is 9.86. The highest BCUT2D eigenvalue weighted by atomic mass is 16.5. The Morgan fingerprint density at radius 2 is 1.46 bits per heavy atom. The van der Waals surface area contributed by atoms with Crippen LogP contribution >= 0.6 is 0 Å². The lowest BCUT2D eigenvalue weighted by Gasteiger charge is -2.18. The van der Waals surface area contributed by atoms with Gasteiger partial charge < -0.3 is 15.5 Å². The Kier molecular flexibility index (Phi) is 9.37. The minimum absolute atomic E-state index is 0.0562. The molecular formula is C29H35N3O3. The molecule has 0 unspecified atom stereocenters. The molecule has 0 saturated heterocycles. The number of ketones is 2. The summed E-state index contributed by atoms with van der Waals surface area (Å²) in [5, 5.41) is 1.61. The number of hydrazine groups is 1. The van der Waals surface area contributed by atoms with E-state index in [-0.39, 0.29) is 11.6 Å². The number of allylic oxidation sites excluding steroid dienone is 1. The van der Waals surface area contributed by atoms with Crippen LogP contribution in [0.4, 0.5) is 5.69 Å². The van der Waals surface area contributed by atoms with Crippen LogP contribution < -0.4 is 16.3 Å². The van der Waals surface area contributed by atoms with Gasteiger partial charge in [0.15, 0.2) is 11.6 Å². The summed E-state index contributed by atoms with van der Waals surface area (Å²) in [6.45, 7) is 11.9. The molecule has 0 aliphatic carbocycles. The molecule has 3 aromatic carbocycles. The van der Waals surface area contributed by atoms with Crippen LogP contribution in [0.3, 0.4) is 0 Å². The number of nitrogens with zero attached hydrogens (tertiary/aromatic N) is 1. The summed E-state index contributed by atoms with van der Waals surface area (Å²) in [5.41, 5.74) is 9.44. The Hall–Kier alpha value is -3.90. The summed E-state index contributed by atoms with van der Waals surface area (Å²) in [7, 11) is 1.65. The van der Waals surface area contributed by atoms with Crippen molar-refractivity contribution in [3.8, 4) is 5.75 Å². The van der Waals surface area contributed by atoms with E-state index in [1.54, 1.807) is 60.6 Å². The number of Topliss-reactive ketones (excluding diaryl/α,β-unsaturated/α-hetero) is 1. The van der Waals surface area contributed by atoms with Crippen molar-refractivity contribution in [3.05, 3.63) is 107 Å². The normalized spacial score (nSPS) is 10.6. The SMILES string of the molecule is C=C(C)N(N)Cc1ccc(OC)cc1.CC(C)(C)C(=O)c1ccc(C(=O)c2ccccc2N)cc1. The van der Waals surface area contributed by atoms with Crippen molar-refractivity contribution >= 4 is 17.3 Å². The molecule has 0 radical (unpaired) electrons. The van der Waals surface area contributed by atoms with Gasteiger partial charge in [0.1, 0.15) is 5.75 Å². The van der Waals surface area contributed by atoms with Crippen molar-refractivity contribution < 1.29 is 14.3 Å². The van der Waals surface area contributed by atoms with E-state index in [1.807, 2.05) is 52.0 Å². The lowest BCUT2D eigenvalue weighted by Crippen LogP contribution is -2.27. The van der Waals surface area contributed by atoms with Gasteiger partial charge in [-0.05, 0) is 36.8 Å². The molecule has 184 valence electrons. The monoisotopic (exact) mass is 473 g/mol. The Labute approximate surface area is 208 Å². The van der Waals surface area contributed by atoms with Crippen LogP contribution in [0.15, 0.2) is 85.1 Å². The molecule has 0 atom stereocenters. The van der Waals surface area contributed by atoms with E-state index in [4.69, 9.17) is 16.3 Å². The zero-order valence-electron chi connectivity index (χ0n) is 21.2. The summed E-state index contributed by atoms with van der Waals surface area (Å²) in [6, 6.07) is 21.5. The number of rotatable bonds is 7. The van der Waals surface area contributed by atoms with Gasteiger partial charge in [-0.15, -0.1) is 0 Å². The number of hydrogen-bond donors (Lipinski definition) is 2. The summed E-state index contributed by atoms with van der Waals surface area (Å²) >= 11 is 0. The molecule has 3 aromatic rings. The van der Waals surface area contributed by atoms with Crippen molar-refractivity contribution in [3.63, 3.8) is 0 Å². The van der Waals surface area contributed by atoms with Gasteiger partial charge in [-0.3, -0.25) is 9.59 Å². The maximum absolute atomic E-state index is 12.4. The third kappa shape index (κ3) is 7.83. The molecule has 0 aliphatic heterocycles. The Balaban J connectivity index is 0.000000269. The highest BCUT2D eigenvalue weighted by Crippen LogP contribution is 2.22. The fraction of sp³-hybridized carbons (Fsp3) is 0.241. The molecule has 0 amide bonds. The summed E-state index contributed by atoms with van der Waals surface area (Å²) in [5.74, 6) is 6.50. The number of nitrogen functional groups attached to an aromatic ring is 1. The molecule has 0 heterocycles. The maximum Gasteiger partial charge on any atom is 0.195 e. The van der Waals surface area contributed by atoms with E-state index in [2.05, 4.69) is 6.58 Å². The maximum atomic E-state index is 12.4. The third-order valence-corrected chi connectivity index (χ3v) is 5.30. The van der Waals surface area contributed by atoms with Crippen LogP contribution in [-0.4, -0.2) is 23.7 Å². The summed E-state index contributed by atoms with van der Waals surface area (Å²) in [6.07, 6.45) is 0. The summed E-state index contributed by atoms with van der Waals surface area (Å²) in [4.78, 5) is 24.5. The first-order chi connectivity index (χ1) is 16.4. The van der Waals surface area contributed by atoms with E-state index in [0.717, 1.165) is 17.0 Å². The molecule has 6 nitrogen and oxygen atoms in total. The van der Waals surface area contributed by atoms with E-state index < -0.39 is 5.41 Å². The van der Waals surface area contributed by atoms with Crippen LogP contribution in [0.5, 0.6) is 5.75 Å². The molecule has 0 bridgehead atoms. The van der Waals surface area contributed by atoms with E-state index in [9.17, 15) is 9.59 Å². The second kappa shape index (κ2) is 12.0. The number of anilines is 1. The minimum atomic E-state index is -0.435. The Bertz CT molecular complexity index is 1160. The Morgan fingerprint density at radius 3 is 1.94 bits per heavy atom. The molecule has 0 spiro atoms. The number of methoxy groups -OCH3 is 1. The number of carbonyl (C=O) groups is 2. The molecule has 0 fully saturated rings. The fourth-order valence-corrected chi connectivity index (χ4v) is 3.13. The molecule has 0 aliphatic rings. The molecule has 35 heavy (non-hydrogen) atoms. The van der Waals surface area contributed by atoms with Crippen LogP contribution in [0.2, 0.25) is 0 Å². The van der Waals surface area contributed by atoms with Gasteiger partial charge in [0, 0.05) is 33.5 Å². The lowest BCUT2D eigenvalue weighted by molar-refractivity contribution is 0.0857. The zero-order chi connectivity index (χ0) is 26.2. The zero-order valence-corrected chi connectivity index (χ0v) is 21.2. The Morgan fingerprint density at radius 1 is 0.914 bits per heavy atom. The molecule has 3 rings (SSSR count). The standard InChI is InChI=1S/C18H19NO2.C11H16N2O/c1-18(2,3)17(21)13-10-8-12(9-11-13)16(20)14-6-4-5-7-15(14)19;1-9(2)13(12)8-10-4-6-11(14-3)7-5-10/h4-11H,19H2,1-3H3;4-7H,1,8,12H2,2-3H3. The smallest absolute Gasteiger partial charge is 0.195 e. The van der Waals surface area contributed by atoms with Gasteiger partial charge >= 0.3 is 0 Å². The van der Waals surface area contributed by atoms with E-state index in [0.29, 0.717) is 28.9 Å². The van der Waals surface area contributed by atoms with Crippen LogP contribution in [0.25, 0.3) is 0 Å². The first-order valence-electron chi connectivity index (χ1n) is 11.3. The second-order valence-electron chi connectivity index (χ2n) is 9.28. The first-order valence-corrected chi connectivity index (χ1v) is 11.3. The second-order valence-corrected chi connectivity index (χ2v) is 9.28. The quantitative estimate of drug-likeness (QED) is 0.200. The number of hydrogen-bond acceptors (Lipinski definition) is 6. The highest BCUT2D eigenvalue weighted by Gasteiger charge is 2.23. The number of carbonyl (C=O) groups excluding carboxylic acids is 2. The number of benzene rings is 3. The number of nitrogens with two attached hydrogens (primary N) is 2. The minimum Gasteiger partial charge on any atom is -0.497 e. The third-order valence-electron chi connectivity index (χ3n) is 5.30. The highest BCUT2D eigenvalue weighted by molar-refractivity contribution is 6.12. The van der Waals surface area contributed by atoms with Gasteiger partial charge in [-0.1, -0.05) is 75.9 Å². The van der Waals surface area contributed by atoms with Crippen molar-refractivity contribution in [2.24, 2.45) is 11.3 Å². The van der Waals surface area contributed by atoms with E-state index >= 15 is 0 Å². The predicted octanol–water partition coefficient (Wildman–Crippen LogP) is 5.63. The topological polar surface area (TPSA) is 98.6 Å². The van der Waals surface area contributed by atoms with Crippen LogP contribution in [0, 0.1) is 5.41 Å². The van der Waals surface area contributed by atoms with Gasteiger partial charge in [-0.2, -0.15) is 0 Å². The van der Waals surface area contributed by atoms with Gasteiger partial charge in [0.05, 0.1) is 13.7 Å². The molecular weight excluding hydrogens is 438 g/mol. The average Bonchev–Trinajstić information content (AvgIpc) is 2.84. The van der Waals surface area contributed by atoms with E-state index in [1.165, 1.54) is 0 Å². The number of ether oxygens (including phenoxy) is 1. The molecule has 6 heteroatoms. The van der Waals surface area contributed by atoms with Gasteiger partial charge in [-0.25, -0.2) is 5.84 Å². The van der Waals surface area contributed by atoms with Gasteiger partial charge in [0.2, 0.25) is 0 Å². The van der Waals surface area contributed by atoms with Crippen molar-refractivity contribution in [2.45, 2.75) is 34.2 Å². The van der Waals surface area contributed by atoms with Crippen LogP contribution in [0.1, 0.15) is 59.5 Å². The van der Waals surface area contributed by atoms with Crippen LogP contribution in [-0.2, 0) is 6.54 Å². The summed E-state index contributed by atoms with van der Waals surface area (Å²) < 4.78 is 5.06. The largest absolute Gasteiger partial charge is 0.497 e. The average molecular weight is 474 g/mol. The molecule has 4 N–H and O–H groups in total. The number of para-hydroxylation sites is 1.